The van der Waals surface area contributed by atoms with Crippen molar-refractivity contribution in [3.8, 4) is 11.3 Å². The molecule has 0 aliphatic carbocycles. The quantitative estimate of drug-likeness (QED) is 0.402. The average molecular weight is 476 g/mol. The van der Waals surface area contributed by atoms with Gasteiger partial charge < -0.3 is 20.3 Å². The van der Waals surface area contributed by atoms with Crippen molar-refractivity contribution in [2.75, 3.05) is 41.8 Å². The number of nitrogens with one attached hydrogen (secondary N) is 2. The van der Waals surface area contributed by atoms with E-state index in [1.165, 1.54) is 18.5 Å². The largest absolute Gasteiger partial charge is 0.378 e. The fourth-order valence-electron chi connectivity index (χ4n) is 3.95. The molecule has 1 aliphatic heterocycles. The predicted molar refractivity (Wildman–Crippen MR) is 130 cm³/mol. The molecule has 0 unspecified atom stereocenters. The van der Waals surface area contributed by atoms with Crippen LogP contribution in [0, 0.1) is 11.6 Å². The number of imidazole rings is 1. The van der Waals surface area contributed by atoms with E-state index in [4.69, 9.17) is 4.74 Å². The summed E-state index contributed by atoms with van der Waals surface area (Å²) in [6.07, 6.45) is 4.33. The zero-order valence-corrected chi connectivity index (χ0v) is 18.7. The van der Waals surface area contributed by atoms with Gasteiger partial charge in [0.1, 0.15) is 18.5 Å². The van der Waals surface area contributed by atoms with E-state index in [-0.39, 0.29) is 17.3 Å². The van der Waals surface area contributed by atoms with E-state index in [1.54, 1.807) is 46.0 Å². The number of nitrogens with zero attached hydrogens (tertiary/aromatic N) is 4. The van der Waals surface area contributed by atoms with Crippen molar-refractivity contribution in [3.05, 3.63) is 79.4 Å². The SMILES string of the molecule is C=CC(=O)Nc1cccc(-c2ncn3cnc(Nc4ccc(N5CCOCC5)c(F)c4F)cc23)c1. The number of aromatic nitrogens is 3. The van der Waals surface area contributed by atoms with Gasteiger partial charge in [0, 0.05) is 30.4 Å². The van der Waals surface area contributed by atoms with Crippen LogP contribution >= 0.6 is 0 Å². The molecule has 1 amide bonds. The molecule has 4 aromatic rings. The van der Waals surface area contributed by atoms with Gasteiger partial charge in [-0.3, -0.25) is 9.20 Å². The Balaban J connectivity index is 1.44. The molecule has 8 nitrogen and oxygen atoms in total. The monoisotopic (exact) mass is 476 g/mol. The molecule has 0 bridgehead atoms. The third kappa shape index (κ3) is 4.56. The second kappa shape index (κ2) is 9.51. The highest BCUT2D eigenvalue weighted by Gasteiger charge is 2.20. The van der Waals surface area contributed by atoms with Gasteiger partial charge >= 0.3 is 0 Å². The minimum atomic E-state index is -0.977. The summed E-state index contributed by atoms with van der Waals surface area (Å²) in [4.78, 5) is 22.2. The lowest BCUT2D eigenvalue weighted by Crippen LogP contribution is -2.36. The summed E-state index contributed by atoms with van der Waals surface area (Å²) in [5, 5.41) is 5.59. The summed E-state index contributed by atoms with van der Waals surface area (Å²) in [5.74, 6) is -1.88. The van der Waals surface area contributed by atoms with Crippen LogP contribution in [0.3, 0.4) is 0 Å². The van der Waals surface area contributed by atoms with Crippen LogP contribution in [-0.4, -0.2) is 46.6 Å². The number of rotatable bonds is 6. The molecule has 1 fully saturated rings. The Morgan fingerprint density at radius 1 is 1.06 bits per heavy atom. The van der Waals surface area contributed by atoms with Gasteiger partial charge in [0.25, 0.3) is 0 Å². The lowest BCUT2D eigenvalue weighted by Gasteiger charge is -2.29. The summed E-state index contributed by atoms with van der Waals surface area (Å²) in [6.45, 7) is 5.41. The summed E-state index contributed by atoms with van der Waals surface area (Å²) in [7, 11) is 0. The molecule has 178 valence electrons. The third-order valence-electron chi connectivity index (χ3n) is 5.69. The minimum Gasteiger partial charge on any atom is -0.378 e. The van der Waals surface area contributed by atoms with Crippen LogP contribution < -0.4 is 15.5 Å². The van der Waals surface area contributed by atoms with Crippen molar-refractivity contribution >= 4 is 34.3 Å². The Morgan fingerprint density at radius 3 is 2.66 bits per heavy atom. The number of hydrogen-bond donors (Lipinski definition) is 2. The minimum absolute atomic E-state index is 0.0217. The number of benzene rings is 2. The third-order valence-corrected chi connectivity index (χ3v) is 5.69. The molecule has 2 N–H and O–H groups in total. The molecule has 0 atom stereocenters. The van der Waals surface area contributed by atoms with Crippen LogP contribution in [0.2, 0.25) is 0 Å². The van der Waals surface area contributed by atoms with Gasteiger partial charge in [-0.25, -0.2) is 18.7 Å². The van der Waals surface area contributed by atoms with Crippen molar-refractivity contribution < 1.29 is 18.3 Å². The maximum Gasteiger partial charge on any atom is 0.247 e. The zero-order valence-electron chi connectivity index (χ0n) is 18.7. The van der Waals surface area contributed by atoms with Crippen molar-refractivity contribution in [2.24, 2.45) is 0 Å². The van der Waals surface area contributed by atoms with Gasteiger partial charge in [-0.2, -0.15) is 0 Å². The van der Waals surface area contributed by atoms with Gasteiger partial charge in [0.2, 0.25) is 5.91 Å². The second-order valence-corrected chi connectivity index (χ2v) is 7.92. The molecular formula is C25H22F2N6O2. The highest BCUT2D eigenvalue weighted by molar-refractivity contribution is 5.99. The number of amides is 1. The van der Waals surface area contributed by atoms with E-state index in [2.05, 4.69) is 27.2 Å². The number of ether oxygens (including phenoxy) is 1. The number of anilines is 4. The van der Waals surface area contributed by atoms with E-state index in [0.717, 1.165) is 5.56 Å². The summed E-state index contributed by atoms with van der Waals surface area (Å²) in [5.41, 5.74) is 2.88. The first-order chi connectivity index (χ1) is 17.0. The number of carbonyl (C=O) groups excluding carboxylic acids is 1. The fourth-order valence-corrected chi connectivity index (χ4v) is 3.95. The molecule has 5 rings (SSSR count). The number of halogens is 2. The van der Waals surface area contributed by atoms with E-state index >= 15 is 0 Å². The molecule has 2 aromatic carbocycles. The molecule has 1 saturated heterocycles. The fraction of sp³-hybridized carbons (Fsp3) is 0.160. The van der Waals surface area contributed by atoms with E-state index < -0.39 is 11.6 Å². The summed E-state index contributed by atoms with van der Waals surface area (Å²) >= 11 is 0. The van der Waals surface area contributed by atoms with Gasteiger partial charge in [0.05, 0.1) is 35.8 Å². The maximum absolute atomic E-state index is 14.9. The molecule has 2 aromatic heterocycles. The Kier molecular flexibility index (Phi) is 6.11. The van der Waals surface area contributed by atoms with Crippen molar-refractivity contribution in [3.63, 3.8) is 0 Å². The lowest BCUT2D eigenvalue weighted by atomic mass is 10.1. The standard InChI is InChI=1S/C25H22F2N6O2/c1-2-22(34)30-17-5-3-4-16(12-17)25-20-13-21(28-14-33(20)15-29-25)31-18-6-7-19(24(27)23(18)26)32-8-10-35-11-9-32/h2-7,12-15,31H,1,8-11H2,(H,30,34). The first-order valence-electron chi connectivity index (χ1n) is 11.0. The number of fused-ring (bicyclic) bond motifs is 1. The topological polar surface area (TPSA) is 83.8 Å². The van der Waals surface area contributed by atoms with Gasteiger partial charge in [-0.1, -0.05) is 18.7 Å². The molecule has 3 heterocycles. The van der Waals surface area contributed by atoms with E-state index in [9.17, 15) is 13.6 Å². The van der Waals surface area contributed by atoms with Crippen LogP contribution in [-0.2, 0) is 9.53 Å². The van der Waals surface area contributed by atoms with Crippen molar-refractivity contribution in [2.45, 2.75) is 0 Å². The van der Waals surface area contributed by atoms with Crippen LogP contribution in [0.15, 0.2) is 67.8 Å². The molecule has 10 heteroatoms. The molecule has 0 radical (unpaired) electrons. The molecular weight excluding hydrogens is 454 g/mol. The lowest BCUT2D eigenvalue weighted by molar-refractivity contribution is -0.111. The first kappa shape index (κ1) is 22.5. The Bertz CT molecular complexity index is 1410. The highest BCUT2D eigenvalue weighted by atomic mass is 19.2. The Hall–Kier alpha value is -4.31. The Morgan fingerprint density at radius 2 is 1.86 bits per heavy atom. The van der Waals surface area contributed by atoms with Crippen LogP contribution in [0.1, 0.15) is 0 Å². The van der Waals surface area contributed by atoms with Gasteiger partial charge in [0.15, 0.2) is 11.6 Å². The zero-order chi connectivity index (χ0) is 24.4. The number of morpholine rings is 1. The molecule has 0 saturated carbocycles. The van der Waals surface area contributed by atoms with Crippen LogP contribution in [0.4, 0.5) is 31.7 Å². The maximum atomic E-state index is 14.9. The normalized spacial score (nSPS) is 13.6. The first-order valence-corrected chi connectivity index (χ1v) is 11.0. The van der Waals surface area contributed by atoms with Crippen LogP contribution in [0.25, 0.3) is 16.8 Å². The van der Waals surface area contributed by atoms with Gasteiger partial charge in [-0.15, -0.1) is 0 Å². The van der Waals surface area contributed by atoms with Crippen molar-refractivity contribution in [1.29, 1.82) is 0 Å². The Labute approximate surface area is 199 Å². The summed E-state index contributed by atoms with van der Waals surface area (Å²) in [6, 6.07) is 12.0. The summed E-state index contributed by atoms with van der Waals surface area (Å²) < 4.78 is 36.7. The van der Waals surface area contributed by atoms with E-state index in [1.807, 2.05) is 6.07 Å². The molecule has 1 aliphatic rings. The average Bonchev–Trinajstić information content (AvgIpc) is 3.31. The number of hydrogen-bond acceptors (Lipinski definition) is 6. The van der Waals surface area contributed by atoms with Crippen LogP contribution in [0.5, 0.6) is 0 Å². The van der Waals surface area contributed by atoms with Crippen molar-refractivity contribution in [1.82, 2.24) is 14.4 Å². The molecule has 0 spiro atoms. The highest BCUT2D eigenvalue weighted by Crippen LogP contribution is 2.31. The predicted octanol–water partition coefficient (Wildman–Crippen LogP) is 4.38. The molecule has 35 heavy (non-hydrogen) atoms. The second-order valence-electron chi connectivity index (χ2n) is 7.92. The van der Waals surface area contributed by atoms with E-state index in [0.29, 0.717) is 49.0 Å². The van der Waals surface area contributed by atoms with Gasteiger partial charge in [-0.05, 0) is 30.3 Å². The smallest absolute Gasteiger partial charge is 0.247 e. The number of carbonyl (C=O) groups is 1.